The number of allylic oxidation sites excluding steroid dienone is 1. The summed E-state index contributed by atoms with van der Waals surface area (Å²) in [6, 6.07) is 14.0. The van der Waals surface area contributed by atoms with E-state index in [1.807, 2.05) is 54.6 Å². The lowest BCUT2D eigenvalue weighted by atomic mass is 10.0. The summed E-state index contributed by atoms with van der Waals surface area (Å²) in [5, 5.41) is 5.07. The first-order valence-corrected chi connectivity index (χ1v) is 8.94. The highest BCUT2D eigenvalue weighted by Gasteiger charge is 2.21. The van der Waals surface area contributed by atoms with Gasteiger partial charge in [0, 0.05) is 24.9 Å². The largest absolute Gasteiger partial charge is 0.352 e. The SMILES string of the molecule is CC1=CN(C/C=C\CNC(=O)Cc2cccc3ccccc23)C(=O)CC1=O. The number of hydrogen-bond acceptors (Lipinski definition) is 3. The molecule has 0 fully saturated rings. The molecular weight excluding hydrogens is 340 g/mol. The first kappa shape index (κ1) is 18.6. The Bertz CT molecular complexity index is 938. The van der Waals surface area contributed by atoms with Gasteiger partial charge < -0.3 is 10.2 Å². The van der Waals surface area contributed by atoms with Crippen LogP contribution in [0.15, 0.2) is 66.4 Å². The highest BCUT2D eigenvalue weighted by Crippen LogP contribution is 2.18. The van der Waals surface area contributed by atoms with E-state index in [0.29, 0.717) is 25.1 Å². The molecule has 0 saturated heterocycles. The van der Waals surface area contributed by atoms with Crippen LogP contribution in [0.4, 0.5) is 0 Å². The lowest BCUT2D eigenvalue weighted by Crippen LogP contribution is -2.33. The van der Waals surface area contributed by atoms with E-state index in [2.05, 4.69) is 5.32 Å². The zero-order valence-electron chi connectivity index (χ0n) is 15.3. The van der Waals surface area contributed by atoms with E-state index in [9.17, 15) is 14.4 Å². The third-order valence-electron chi connectivity index (χ3n) is 4.54. The van der Waals surface area contributed by atoms with Crippen LogP contribution in [0.2, 0.25) is 0 Å². The van der Waals surface area contributed by atoms with Crippen LogP contribution < -0.4 is 5.32 Å². The summed E-state index contributed by atoms with van der Waals surface area (Å²) >= 11 is 0. The molecule has 0 aliphatic carbocycles. The van der Waals surface area contributed by atoms with Crippen LogP contribution in [-0.4, -0.2) is 35.6 Å². The number of nitrogens with zero attached hydrogens (tertiary/aromatic N) is 1. The Morgan fingerprint density at radius 3 is 2.74 bits per heavy atom. The average Bonchev–Trinajstić information content (AvgIpc) is 2.66. The van der Waals surface area contributed by atoms with Gasteiger partial charge in [0.25, 0.3) is 0 Å². The van der Waals surface area contributed by atoms with Crippen LogP contribution >= 0.6 is 0 Å². The molecule has 2 amide bonds. The molecule has 2 aromatic carbocycles. The normalized spacial score (nSPS) is 14.7. The van der Waals surface area contributed by atoms with Gasteiger partial charge in [-0.1, -0.05) is 54.6 Å². The molecule has 1 N–H and O–H groups in total. The Labute approximate surface area is 158 Å². The highest BCUT2D eigenvalue weighted by molar-refractivity contribution is 6.09. The molecule has 27 heavy (non-hydrogen) atoms. The molecule has 0 spiro atoms. The van der Waals surface area contributed by atoms with Crippen LogP contribution in [0.3, 0.4) is 0 Å². The quantitative estimate of drug-likeness (QED) is 0.635. The maximum absolute atomic E-state index is 12.2. The first-order chi connectivity index (χ1) is 13.0. The fourth-order valence-corrected chi connectivity index (χ4v) is 3.04. The Balaban J connectivity index is 1.49. The molecule has 3 rings (SSSR count). The minimum Gasteiger partial charge on any atom is -0.352 e. The Kier molecular flexibility index (Phi) is 5.81. The summed E-state index contributed by atoms with van der Waals surface area (Å²) in [6.07, 6.45) is 5.46. The van der Waals surface area contributed by atoms with Crippen LogP contribution in [0, 0.1) is 0 Å². The van der Waals surface area contributed by atoms with Crippen molar-refractivity contribution >= 4 is 28.4 Å². The number of carbonyl (C=O) groups is 3. The van der Waals surface area contributed by atoms with Crippen molar-refractivity contribution in [2.75, 3.05) is 13.1 Å². The summed E-state index contributed by atoms with van der Waals surface area (Å²) in [5.41, 5.74) is 1.59. The second-order valence-corrected chi connectivity index (χ2v) is 6.55. The molecule has 2 aromatic rings. The van der Waals surface area contributed by atoms with E-state index in [1.165, 1.54) is 4.90 Å². The van der Waals surface area contributed by atoms with E-state index in [4.69, 9.17) is 0 Å². The second-order valence-electron chi connectivity index (χ2n) is 6.55. The van der Waals surface area contributed by atoms with Gasteiger partial charge in [0.05, 0.1) is 12.8 Å². The van der Waals surface area contributed by atoms with Gasteiger partial charge in [0.1, 0.15) is 0 Å². The van der Waals surface area contributed by atoms with Crippen LogP contribution in [0.25, 0.3) is 10.8 Å². The molecule has 0 bridgehead atoms. The molecule has 1 heterocycles. The lowest BCUT2D eigenvalue weighted by Gasteiger charge is -2.21. The maximum Gasteiger partial charge on any atom is 0.234 e. The van der Waals surface area contributed by atoms with E-state index < -0.39 is 0 Å². The van der Waals surface area contributed by atoms with Crippen molar-refractivity contribution in [1.29, 1.82) is 0 Å². The predicted molar refractivity (Wildman–Crippen MR) is 105 cm³/mol. The number of amides is 2. The molecule has 0 atom stereocenters. The fraction of sp³-hybridized carbons (Fsp3) is 0.227. The van der Waals surface area contributed by atoms with Crippen LogP contribution in [0.1, 0.15) is 18.9 Å². The summed E-state index contributed by atoms with van der Waals surface area (Å²) in [7, 11) is 0. The third-order valence-corrected chi connectivity index (χ3v) is 4.54. The molecular formula is C22H22N2O3. The van der Waals surface area contributed by atoms with Crippen molar-refractivity contribution in [2.45, 2.75) is 19.8 Å². The van der Waals surface area contributed by atoms with Gasteiger partial charge in [0.2, 0.25) is 11.8 Å². The van der Waals surface area contributed by atoms with Gasteiger partial charge in [-0.05, 0) is 23.3 Å². The maximum atomic E-state index is 12.2. The lowest BCUT2D eigenvalue weighted by molar-refractivity contribution is -0.133. The molecule has 5 heteroatoms. The first-order valence-electron chi connectivity index (χ1n) is 8.94. The Morgan fingerprint density at radius 2 is 1.89 bits per heavy atom. The molecule has 0 unspecified atom stereocenters. The Hall–Kier alpha value is -3.21. The summed E-state index contributed by atoms with van der Waals surface area (Å²) in [4.78, 5) is 37.0. The third kappa shape index (κ3) is 4.70. The Morgan fingerprint density at radius 1 is 1.11 bits per heavy atom. The van der Waals surface area contributed by atoms with Crippen LogP contribution in [0.5, 0.6) is 0 Å². The molecule has 0 radical (unpaired) electrons. The fourth-order valence-electron chi connectivity index (χ4n) is 3.04. The molecule has 5 nitrogen and oxygen atoms in total. The highest BCUT2D eigenvalue weighted by atomic mass is 16.2. The van der Waals surface area contributed by atoms with Crippen molar-refractivity contribution < 1.29 is 14.4 Å². The van der Waals surface area contributed by atoms with Crippen molar-refractivity contribution in [1.82, 2.24) is 10.2 Å². The molecule has 1 aliphatic rings. The van der Waals surface area contributed by atoms with E-state index in [-0.39, 0.29) is 24.0 Å². The van der Waals surface area contributed by atoms with Gasteiger partial charge in [-0.3, -0.25) is 14.4 Å². The zero-order chi connectivity index (χ0) is 19.2. The number of carbonyl (C=O) groups excluding carboxylic acids is 3. The number of ketones is 1. The van der Waals surface area contributed by atoms with Gasteiger partial charge in [-0.15, -0.1) is 0 Å². The molecule has 1 aliphatic heterocycles. The van der Waals surface area contributed by atoms with Gasteiger partial charge in [-0.2, -0.15) is 0 Å². The number of fused-ring (bicyclic) bond motifs is 1. The monoisotopic (exact) mass is 362 g/mol. The van der Waals surface area contributed by atoms with Crippen molar-refractivity contribution in [3.8, 4) is 0 Å². The number of hydrogen-bond donors (Lipinski definition) is 1. The summed E-state index contributed by atoms with van der Waals surface area (Å²) in [5.74, 6) is -0.373. The molecule has 138 valence electrons. The van der Waals surface area contributed by atoms with Crippen molar-refractivity contribution in [2.24, 2.45) is 0 Å². The van der Waals surface area contributed by atoms with Gasteiger partial charge in [0.15, 0.2) is 5.78 Å². The number of rotatable bonds is 6. The van der Waals surface area contributed by atoms with E-state index >= 15 is 0 Å². The standard InChI is InChI=1S/C22H22N2O3/c1-16-15-24(22(27)14-20(16)25)12-5-4-11-23-21(26)13-18-9-6-8-17-7-2-3-10-19(17)18/h2-10,15H,11-14H2,1H3,(H,23,26)/b5-4-. The number of benzene rings is 2. The van der Waals surface area contributed by atoms with Gasteiger partial charge in [-0.25, -0.2) is 0 Å². The second kappa shape index (κ2) is 8.45. The number of Topliss-reactive ketones (excluding diaryl/α,β-unsaturated/α-hetero) is 1. The van der Waals surface area contributed by atoms with Crippen molar-refractivity contribution in [3.63, 3.8) is 0 Å². The summed E-state index contributed by atoms with van der Waals surface area (Å²) < 4.78 is 0. The molecule has 0 saturated carbocycles. The number of nitrogens with one attached hydrogen (secondary N) is 1. The van der Waals surface area contributed by atoms with Crippen molar-refractivity contribution in [3.05, 3.63) is 72.0 Å². The van der Waals surface area contributed by atoms with Crippen LogP contribution in [-0.2, 0) is 20.8 Å². The zero-order valence-corrected chi connectivity index (χ0v) is 15.3. The van der Waals surface area contributed by atoms with E-state index in [1.54, 1.807) is 13.1 Å². The van der Waals surface area contributed by atoms with E-state index in [0.717, 1.165) is 16.3 Å². The smallest absolute Gasteiger partial charge is 0.234 e. The topological polar surface area (TPSA) is 66.5 Å². The van der Waals surface area contributed by atoms with Gasteiger partial charge >= 0.3 is 0 Å². The average molecular weight is 362 g/mol. The predicted octanol–water partition coefficient (Wildman–Crippen LogP) is 2.76. The minimum absolute atomic E-state index is 0.0496. The minimum atomic E-state index is -0.199. The molecule has 0 aromatic heterocycles. The summed E-state index contributed by atoms with van der Waals surface area (Å²) in [6.45, 7) is 2.49.